The molecular weight excluding hydrogens is 439 g/mol. The van der Waals surface area contributed by atoms with Crippen molar-refractivity contribution in [2.24, 2.45) is 4.99 Å². The molecule has 0 radical (unpaired) electrons. The minimum atomic E-state index is 0. The van der Waals surface area contributed by atoms with Crippen molar-refractivity contribution in [2.45, 2.75) is 31.8 Å². The molecule has 132 valence electrons. The highest BCUT2D eigenvalue weighted by Crippen LogP contribution is 2.15. The van der Waals surface area contributed by atoms with Crippen molar-refractivity contribution in [3.63, 3.8) is 0 Å². The Morgan fingerprint density at radius 2 is 2.22 bits per heavy atom. The van der Waals surface area contributed by atoms with Gasteiger partial charge in [-0.3, -0.25) is 9.89 Å². The molecule has 2 rings (SSSR count). The average Bonchev–Trinajstić information content (AvgIpc) is 3.05. The fraction of sp³-hybridized carbons (Fsp3) is 0.688. The van der Waals surface area contributed by atoms with E-state index in [1.54, 1.807) is 11.3 Å². The van der Waals surface area contributed by atoms with Crippen molar-refractivity contribution >= 4 is 53.0 Å². The molecule has 2 N–H and O–H groups in total. The number of likely N-dealkylation sites (tertiary alicyclic amines) is 1. The first-order valence-electron chi connectivity index (χ1n) is 8.01. The molecule has 1 saturated heterocycles. The van der Waals surface area contributed by atoms with Gasteiger partial charge in [0.25, 0.3) is 0 Å². The van der Waals surface area contributed by atoms with E-state index >= 15 is 0 Å². The second-order valence-electron chi connectivity index (χ2n) is 5.67. The van der Waals surface area contributed by atoms with E-state index in [9.17, 15) is 0 Å². The van der Waals surface area contributed by atoms with Crippen LogP contribution in [0, 0.1) is 0 Å². The van der Waals surface area contributed by atoms with Crippen LogP contribution in [0.25, 0.3) is 0 Å². The third kappa shape index (κ3) is 8.09. The first-order chi connectivity index (χ1) is 10.8. The molecule has 0 spiro atoms. The lowest BCUT2D eigenvalue weighted by molar-refractivity contribution is 0.198. The monoisotopic (exact) mass is 468 g/mol. The van der Waals surface area contributed by atoms with Crippen molar-refractivity contribution < 1.29 is 0 Å². The van der Waals surface area contributed by atoms with Gasteiger partial charge in [0.05, 0.1) is 0 Å². The SMILES string of the molecule is CN=C(NCCCSC)NC1CCN(Cc2ccsc2)CC1.I. The molecule has 4 nitrogen and oxygen atoms in total. The van der Waals surface area contributed by atoms with Crippen molar-refractivity contribution in [3.05, 3.63) is 22.4 Å². The summed E-state index contributed by atoms with van der Waals surface area (Å²) >= 11 is 3.68. The first kappa shape index (κ1) is 21.1. The maximum atomic E-state index is 4.34. The van der Waals surface area contributed by atoms with Gasteiger partial charge in [-0.2, -0.15) is 23.1 Å². The maximum Gasteiger partial charge on any atom is 0.191 e. The van der Waals surface area contributed by atoms with E-state index in [4.69, 9.17) is 0 Å². The molecule has 0 atom stereocenters. The number of halogens is 1. The number of rotatable bonds is 7. The standard InChI is InChI=1S/C16H28N4S2.HI/c1-17-16(18-7-3-10-21-2)19-15-4-8-20(9-5-15)12-14-6-11-22-13-14;/h6,11,13,15H,3-5,7-10,12H2,1-2H3,(H2,17,18,19);1H. The number of thiophene rings is 1. The normalized spacial score (nSPS) is 16.9. The Kier molecular flexibility index (Phi) is 11.3. The molecule has 1 aliphatic rings. The number of hydrogen-bond donors (Lipinski definition) is 2. The predicted molar refractivity (Wildman–Crippen MR) is 116 cm³/mol. The summed E-state index contributed by atoms with van der Waals surface area (Å²) in [5.41, 5.74) is 1.45. The fourth-order valence-electron chi connectivity index (χ4n) is 2.69. The quantitative estimate of drug-likeness (QED) is 0.279. The minimum absolute atomic E-state index is 0. The van der Waals surface area contributed by atoms with Crippen LogP contribution >= 0.6 is 47.1 Å². The van der Waals surface area contributed by atoms with Gasteiger partial charge in [0.2, 0.25) is 0 Å². The van der Waals surface area contributed by atoms with Crippen LogP contribution in [0.2, 0.25) is 0 Å². The van der Waals surface area contributed by atoms with E-state index in [-0.39, 0.29) is 24.0 Å². The fourth-order valence-corrected chi connectivity index (χ4v) is 3.78. The lowest BCUT2D eigenvalue weighted by atomic mass is 10.0. The number of nitrogens with one attached hydrogen (secondary N) is 2. The van der Waals surface area contributed by atoms with Crippen molar-refractivity contribution in [1.82, 2.24) is 15.5 Å². The number of piperidine rings is 1. The molecule has 23 heavy (non-hydrogen) atoms. The van der Waals surface area contributed by atoms with Crippen molar-refractivity contribution in [1.29, 1.82) is 0 Å². The second kappa shape index (κ2) is 12.4. The molecular formula is C16H29IN4S2. The highest BCUT2D eigenvalue weighted by molar-refractivity contribution is 14.0. The van der Waals surface area contributed by atoms with Gasteiger partial charge < -0.3 is 10.6 Å². The Hall–Kier alpha value is 0.01000. The maximum absolute atomic E-state index is 4.34. The molecule has 1 fully saturated rings. The highest BCUT2D eigenvalue weighted by atomic mass is 127. The molecule has 1 aromatic rings. The van der Waals surface area contributed by atoms with Crippen LogP contribution in [0.5, 0.6) is 0 Å². The summed E-state index contributed by atoms with van der Waals surface area (Å²) in [5.74, 6) is 2.16. The Labute approximate surface area is 165 Å². The summed E-state index contributed by atoms with van der Waals surface area (Å²) < 4.78 is 0. The van der Waals surface area contributed by atoms with Gasteiger partial charge in [-0.15, -0.1) is 24.0 Å². The van der Waals surface area contributed by atoms with E-state index in [1.807, 2.05) is 18.8 Å². The van der Waals surface area contributed by atoms with Gasteiger partial charge in [-0.05, 0) is 53.7 Å². The van der Waals surface area contributed by atoms with Gasteiger partial charge in [0.15, 0.2) is 5.96 Å². The molecule has 0 unspecified atom stereocenters. The number of hydrogen-bond acceptors (Lipinski definition) is 4. The molecule has 2 heterocycles. The largest absolute Gasteiger partial charge is 0.356 e. The molecule has 1 aliphatic heterocycles. The van der Waals surface area contributed by atoms with Crippen LogP contribution in [-0.2, 0) is 6.54 Å². The lowest BCUT2D eigenvalue weighted by Gasteiger charge is -2.32. The van der Waals surface area contributed by atoms with Crippen LogP contribution < -0.4 is 10.6 Å². The zero-order valence-electron chi connectivity index (χ0n) is 14.1. The van der Waals surface area contributed by atoms with E-state index in [0.29, 0.717) is 6.04 Å². The van der Waals surface area contributed by atoms with Crippen LogP contribution in [0.3, 0.4) is 0 Å². The average molecular weight is 468 g/mol. The van der Waals surface area contributed by atoms with Crippen molar-refractivity contribution in [2.75, 3.05) is 38.7 Å². The third-order valence-corrected chi connectivity index (χ3v) is 5.38. The number of aliphatic imine (C=N–C) groups is 1. The van der Waals surface area contributed by atoms with Crippen LogP contribution in [-0.4, -0.2) is 55.6 Å². The van der Waals surface area contributed by atoms with Crippen LogP contribution in [0.1, 0.15) is 24.8 Å². The lowest BCUT2D eigenvalue weighted by Crippen LogP contribution is -2.48. The second-order valence-corrected chi connectivity index (χ2v) is 7.44. The smallest absolute Gasteiger partial charge is 0.191 e. The van der Waals surface area contributed by atoms with Gasteiger partial charge in [0, 0.05) is 39.3 Å². The van der Waals surface area contributed by atoms with Crippen molar-refractivity contribution in [3.8, 4) is 0 Å². The molecule has 0 aromatic carbocycles. The Balaban J connectivity index is 0.00000264. The summed E-state index contributed by atoms with van der Waals surface area (Å²) in [5, 5.41) is 11.4. The Morgan fingerprint density at radius 3 is 2.83 bits per heavy atom. The van der Waals surface area contributed by atoms with E-state index < -0.39 is 0 Å². The highest BCUT2D eigenvalue weighted by Gasteiger charge is 2.19. The van der Waals surface area contributed by atoms with E-state index in [2.05, 4.69) is 43.6 Å². The molecule has 0 bridgehead atoms. The molecule has 7 heteroatoms. The zero-order valence-corrected chi connectivity index (χ0v) is 18.0. The summed E-state index contributed by atoms with van der Waals surface area (Å²) in [4.78, 5) is 6.89. The predicted octanol–water partition coefficient (Wildman–Crippen LogP) is 3.25. The van der Waals surface area contributed by atoms with E-state index in [0.717, 1.165) is 32.1 Å². The molecule has 0 aliphatic carbocycles. The number of thioether (sulfide) groups is 1. The first-order valence-corrected chi connectivity index (χ1v) is 10.3. The number of guanidine groups is 1. The van der Waals surface area contributed by atoms with Gasteiger partial charge in [0.1, 0.15) is 0 Å². The topological polar surface area (TPSA) is 39.7 Å². The van der Waals surface area contributed by atoms with Crippen LogP contribution in [0.15, 0.2) is 21.8 Å². The van der Waals surface area contributed by atoms with Gasteiger partial charge in [-0.25, -0.2) is 0 Å². The Morgan fingerprint density at radius 1 is 1.43 bits per heavy atom. The third-order valence-electron chi connectivity index (χ3n) is 3.96. The van der Waals surface area contributed by atoms with Crippen LogP contribution in [0.4, 0.5) is 0 Å². The van der Waals surface area contributed by atoms with Gasteiger partial charge >= 0.3 is 0 Å². The molecule has 0 saturated carbocycles. The van der Waals surface area contributed by atoms with E-state index in [1.165, 1.54) is 30.6 Å². The van der Waals surface area contributed by atoms with Gasteiger partial charge in [-0.1, -0.05) is 0 Å². The summed E-state index contributed by atoms with van der Waals surface area (Å²) in [6.07, 6.45) is 5.71. The Bertz CT molecular complexity index is 431. The summed E-state index contributed by atoms with van der Waals surface area (Å²) in [6.45, 7) is 4.42. The molecule has 0 amide bonds. The minimum Gasteiger partial charge on any atom is -0.356 e. The summed E-state index contributed by atoms with van der Waals surface area (Å²) in [7, 11) is 1.86. The summed E-state index contributed by atoms with van der Waals surface area (Å²) in [6, 6.07) is 2.78. The molecule has 1 aromatic heterocycles. The zero-order chi connectivity index (χ0) is 15.6. The number of nitrogens with zero attached hydrogens (tertiary/aromatic N) is 2.